The number of carbonyl (C=O) groups is 2. The summed E-state index contributed by atoms with van der Waals surface area (Å²) in [5, 5.41) is 2.86. The van der Waals surface area contributed by atoms with E-state index < -0.39 is 0 Å². The van der Waals surface area contributed by atoms with Gasteiger partial charge in [-0.05, 0) is 71.1 Å². The third-order valence-electron chi connectivity index (χ3n) is 9.72. The topological polar surface area (TPSA) is 72.2 Å². The fourth-order valence-corrected chi connectivity index (χ4v) is 6.43. The monoisotopic (exact) mass is 703 g/mol. The summed E-state index contributed by atoms with van der Waals surface area (Å²) < 4.78 is 0. The molecule has 0 rings (SSSR count). The molecule has 50 heavy (non-hydrogen) atoms. The average Bonchev–Trinajstić information content (AvgIpc) is 3.10. The normalized spacial score (nSPS) is 11.3. The lowest BCUT2D eigenvalue weighted by Gasteiger charge is -2.03. The second-order valence-electron chi connectivity index (χ2n) is 14.9. The molecule has 0 radical (unpaired) electrons. The Bertz CT molecular complexity index is 717. The lowest BCUT2D eigenvalue weighted by atomic mass is 10.1. The molecule has 0 fully saturated rings. The zero-order valence-corrected chi connectivity index (χ0v) is 34.4. The van der Waals surface area contributed by atoms with Crippen LogP contribution in [0.5, 0.6) is 0 Å². The van der Waals surface area contributed by atoms with E-state index in [9.17, 15) is 9.59 Å². The second kappa shape index (κ2) is 47.4. The lowest BCUT2D eigenvalue weighted by molar-refractivity contribution is -0.121. The molecule has 0 unspecified atom stereocenters. The van der Waals surface area contributed by atoms with Gasteiger partial charge in [-0.1, -0.05) is 192 Å². The molecule has 0 aliphatic heterocycles. The SMILES string of the molecule is CCCCCCCC/C=C\CCCCCCCCCCCC(=O)NCC.CCCCCCCC/C=C\CCCCCCCCCCCC(N)=O. The van der Waals surface area contributed by atoms with Crippen LogP contribution in [-0.2, 0) is 9.59 Å². The molecule has 296 valence electrons. The maximum Gasteiger partial charge on any atom is 0.219 e. The zero-order valence-electron chi connectivity index (χ0n) is 34.4. The van der Waals surface area contributed by atoms with Gasteiger partial charge in [0, 0.05) is 19.4 Å². The van der Waals surface area contributed by atoms with Gasteiger partial charge in [-0.3, -0.25) is 9.59 Å². The minimum atomic E-state index is -0.156. The van der Waals surface area contributed by atoms with Gasteiger partial charge in [0.2, 0.25) is 11.8 Å². The molecule has 4 nitrogen and oxygen atoms in total. The smallest absolute Gasteiger partial charge is 0.219 e. The van der Waals surface area contributed by atoms with Crippen LogP contribution in [0.15, 0.2) is 24.3 Å². The van der Waals surface area contributed by atoms with Crippen LogP contribution in [0.3, 0.4) is 0 Å². The predicted octanol–water partition coefficient (Wildman–Crippen LogP) is 14.8. The molecule has 0 bridgehead atoms. The standard InChI is InChI=1S/C24H47NO.C22H43NO/c1-3-5-6-7-8-9-10-11-12-13-14-15-16-17-18-19-20-21-22-23-24(26)25-4-2;1-2-3-4-5-6-7-8-9-10-11-12-13-14-15-16-17-18-19-20-21-22(23)24/h11-12H,3-10,13-23H2,1-2H3,(H,25,26);9-10H,2-8,11-21H2,1H3,(H2,23,24)/b12-11-;10-9-. The summed E-state index contributed by atoms with van der Waals surface area (Å²) in [6, 6.07) is 0. The van der Waals surface area contributed by atoms with Gasteiger partial charge in [0.1, 0.15) is 0 Å². The van der Waals surface area contributed by atoms with Crippen LogP contribution in [0.1, 0.15) is 252 Å². The minimum absolute atomic E-state index is 0.156. The number of unbranched alkanes of at least 4 members (excludes halogenated alkanes) is 30. The minimum Gasteiger partial charge on any atom is -0.370 e. The molecule has 0 aromatic rings. The molecule has 0 aromatic carbocycles. The first-order chi connectivity index (χ1) is 24.6. The number of allylic oxidation sites excluding steroid dienone is 4. The number of nitrogens with one attached hydrogen (secondary N) is 1. The van der Waals surface area contributed by atoms with Crippen molar-refractivity contribution < 1.29 is 9.59 Å². The zero-order chi connectivity index (χ0) is 36.9. The predicted molar refractivity (Wildman–Crippen MR) is 224 cm³/mol. The summed E-state index contributed by atoms with van der Waals surface area (Å²) in [5.74, 6) is 0.0598. The highest BCUT2D eigenvalue weighted by molar-refractivity contribution is 5.75. The van der Waals surface area contributed by atoms with Crippen molar-refractivity contribution in [3.63, 3.8) is 0 Å². The van der Waals surface area contributed by atoms with Gasteiger partial charge in [0.15, 0.2) is 0 Å². The Labute approximate surface area is 314 Å². The van der Waals surface area contributed by atoms with Gasteiger partial charge >= 0.3 is 0 Å². The number of amides is 2. The van der Waals surface area contributed by atoms with Crippen LogP contribution in [0, 0.1) is 0 Å². The summed E-state index contributed by atoms with van der Waals surface area (Å²) in [4.78, 5) is 21.9. The van der Waals surface area contributed by atoms with Crippen LogP contribution >= 0.6 is 0 Å². The molecule has 0 saturated carbocycles. The molecule has 0 atom stereocenters. The van der Waals surface area contributed by atoms with E-state index in [1.165, 1.54) is 199 Å². The van der Waals surface area contributed by atoms with Gasteiger partial charge in [0.05, 0.1) is 0 Å². The van der Waals surface area contributed by atoms with E-state index in [0.717, 1.165) is 25.8 Å². The maximum absolute atomic E-state index is 11.3. The Morgan fingerprint density at radius 2 is 0.640 bits per heavy atom. The highest BCUT2D eigenvalue weighted by Gasteiger charge is 1.99. The molecule has 3 N–H and O–H groups in total. The number of hydrogen-bond donors (Lipinski definition) is 2. The molecule has 0 aliphatic carbocycles. The third kappa shape index (κ3) is 50.8. The van der Waals surface area contributed by atoms with Gasteiger partial charge in [-0.15, -0.1) is 0 Å². The fraction of sp³-hybridized carbons (Fsp3) is 0.870. The van der Waals surface area contributed by atoms with Crippen molar-refractivity contribution in [3.05, 3.63) is 24.3 Å². The largest absolute Gasteiger partial charge is 0.370 e. The van der Waals surface area contributed by atoms with E-state index in [-0.39, 0.29) is 11.8 Å². The highest BCUT2D eigenvalue weighted by atomic mass is 16.1. The Morgan fingerprint density at radius 1 is 0.380 bits per heavy atom. The van der Waals surface area contributed by atoms with E-state index >= 15 is 0 Å². The van der Waals surface area contributed by atoms with Crippen LogP contribution in [-0.4, -0.2) is 18.4 Å². The number of hydrogen-bond acceptors (Lipinski definition) is 2. The van der Waals surface area contributed by atoms with E-state index in [1.54, 1.807) is 0 Å². The number of nitrogens with two attached hydrogens (primary N) is 1. The Morgan fingerprint density at radius 3 is 0.920 bits per heavy atom. The van der Waals surface area contributed by atoms with Crippen molar-refractivity contribution >= 4 is 11.8 Å². The van der Waals surface area contributed by atoms with Crippen molar-refractivity contribution in [3.8, 4) is 0 Å². The van der Waals surface area contributed by atoms with E-state index in [4.69, 9.17) is 5.73 Å². The molecular weight excluding hydrogens is 613 g/mol. The first kappa shape index (κ1) is 50.5. The average molecular weight is 703 g/mol. The van der Waals surface area contributed by atoms with E-state index in [2.05, 4.69) is 43.5 Å². The van der Waals surface area contributed by atoms with Crippen LogP contribution < -0.4 is 11.1 Å². The number of rotatable bonds is 39. The maximum atomic E-state index is 11.3. The Balaban J connectivity index is 0. The summed E-state index contributed by atoms with van der Waals surface area (Å²) in [7, 11) is 0. The second-order valence-corrected chi connectivity index (χ2v) is 14.9. The molecular formula is C46H90N2O2. The van der Waals surface area contributed by atoms with Crippen molar-refractivity contribution in [1.29, 1.82) is 0 Å². The van der Waals surface area contributed by atoms with Crippen LogP contribution in [0.4, 0.5) is 0 Å². The molecule has 0 saturated heterocycles. The number of carbonyl (C=O) groups excluding carboxylic acids is 2. The molecule has 0 aromatic heterocycles. The summed E-state index contributed by atoms with van der Waals surface area (Å²) in [5.41, 5.74) is 5.13. The first-order valence-corrected chi connectivity index (χ1v) is 22.4. The van der Waals surface area contributed by atoms with Gasteiger partial charge in [-0.2, -0.15) is 0 Å². The number of primary amides is 1. The van der Waals surface area contributed by atoms with Crippen molar-refractivity contribution in [1.82, 2.24) is 5.32 Å². The third-order valence-corrected chi connectivity index (χ3v) is 9.72. The molecule has 0 aliphatic rings. The van der Waals surface area contributed by atoms with Crippen LogP contribution in [0.25, 0.3) is 0 Å². The molecule has 2 amide bonds. The van der Waals surface area contributed by atoms with Gasteiger partial charge in [0.25, 0.3) is 0 Å². The lowest BCUT2D eigenvalue weighted by Crippen LogP contribution is -2.21. The molecule has 0 spiro atoms. The molecule has 4 heteroatoms. The van der Waals surface area contributed by atoms with Gasteiger partial charge in [-0.25, -0.2) is 0 Å². The summed E-state index contributed by atoms with van der Waals surface area (Å²) in [6.07, 6.45) is 56.1. The first-order valence-electron chi connectivity index (χ1n) is 22.4. The Hall–Kier alpha value is -1.58. The quantitative estimate of drug-likeness (QED) is 0.0494. The van der Waals surface area contributed by atoms with Crippen molar-refractivity contribution in [2.24, 2.45) is 5.73 Å². The van der Waals surface area contributed by atoms with Gasteiger partial charge < -0.3 is 11.1 Å². The van der Waals surface area contributed by atoms with Crippen molar-refractivity contribution in [2.75, 3.05) is 6.54 Å². The van der Waals surface area contributed by atoms with Crippen LogP contribution in [0.2, 0.25) is 0 Å². The Kier molecular flexibility index (Phi) is 47.9. The summed E-state index contributed by atoms with van der Waals surface area (Å²) in [6.45, 7) is 7.29. The van der Waals surface area contributed by atoms with E-state index in [0.29, 0.717) is 12.8 Å². The van der Waals surface area contributed by atoms with Crippen molar-refractivity contribution in [2.45, 2.75) is 252 Å². The molecule has 0 heterocycles. The summed E-state index contributed by atoms with van der Waals surface area (Å²) >= 11 is 0. The van der Waals surface area contributed by atoms with E-state index in [1.807, 2.05) is 6.92 Å². The highest BCUT2D eigenvalue weighted by Crippen LogP contribution is 2.14. The fourth-order valence-electron chi connectivity index (χ4n) is 6.43.